The molecular weight excluding hydrogens is 332 g/mol. The monoisotopic (exact) mass is 343 g/mol. The second-order valence-corrected chi connectivity index (χ2v) is 7.34. The number of para-hydroxylation sites is 1. The maximum Gasteiger partial charge on any atom is 0.224 e. The van der Waals surface area contributed by atoms with Crippen molar-refractivity contribution in [2.45, 2.75) is 0 Å². The average Bonchev–Trinajstić information content (AvgIpc) is 2.34. The van der Waals surface area contributed by atoms with Crippen molar-refractivity contribution in [2.24, 2.45) is 0 Å². The summed E-state index contributed by atoms with van der Waals surface area (Å²) in [5, 5.41) is 4.83. The Kier molecular flexibility index (Phi) is 4.55. The van der Waals surface area contributed by atoms with E-state index in [-0.39, 0.29) is 13.2 Å². The molecule has 0 unspecified atom stereocenters. The summed E-state index contributed by atoms with van der Waals surface area (Å²) in [6.07, 6.45) is 1.64. The third-order valence-electron chi connectivity index (χ3n) is 2.35. The van der Waals surface area contributed by atoms with Gasteiger partial charge in [-0.2, -0.15) is 4.98 Å². The van der Waals surface area contributed by atoms with Gasteiger partial charge in [-0.15, -0.1) is 0 Å². The minimum Gasteiger partial charge on any atom is -0.339 e. The van der Waals surface area contributed by atoms with Gasteiger partial charge in [0, 0.05) is 11.9 Å². The van der Waals surface area contributed by atoms with E-state index in [0.29, 0.717) is 5.82 Å². The van der Waals surface area contributed by atoms with Gasteiger partial charge in [0.05, 0.1) is 4.47 Å². The van der Waals surface area contributed by atoms with Crippen molar-refractivity contribution in [1.29, 1.82) is 0 Å². The summed E-state index contributed by atoms with van der Waals surface area (Å²) < 4.78 is 0.790. The van der Waals surface area contributed by atoms with Gasteiger partial charge in [0.25, 0.3) is 0 Å². The number of hydrogen-bond donors (Lipinski definition) is 1. The van der Waals surface area contributed by atoms with Gasteiger partial charge in [-0.1, -0.05) is 26.1 Å². The van der Waals surface area contributed by atoms with E-state index in [2.05, 4.69) is 50.6 Å². The Bertz CT molecular complexity index is 563. The first-order valence-electron chi connectivity index (χ1n) is 5.29. The van der Waals surface area contributed by atoms with Crippen molar-refractivity contribution in [3.05, 3.63) is 40.2 Å². The molecule has 18 heavy (non-hydrogen) atoms. The van der Waals surface area contributed by atoms with Crippen LogP contribution in [0.5, 0.6) is 0 Å². The van der Waals surface area contributed by atoms with E-state index in [1.54, 1.807) is 6.20 Å². The van der Waals surface area contributed by atoms with E-state index in [9.17, 15) is 0 Å². The molecule has 0 spiro atoms. The van der Waals surface area contributed by atoms with E-state index in [4.69, 9.17) is 11.6 Å². The Labute approximate surface area is 121 Å². The molecule has 0 aliphatic rings. The van der Waals surface area contributed by atoms with Crippen molar-refractivity contribution < 1.29 is 0 Å². The second kappa shape index (κ2) is 5.96. The topological polar surface area (TPSA) is 37.8 Å². The summed E-state index contributed by atoms with van der Waals surface area (Å²) in [6, 6.07) is 8.22. The number of halogens is 2. The van der Waals surface area contributed by atoms with E-state index in [1.807, 2.05) is 18.2 Å². The number of nitrogens with zero attached hydrogens (tertiary/aromatic N) is 2. The van der Waals surface area contributed by atoms with Crippen molar-refractivity contribution >= 4 is 52.3 Å². The molecule has 3 nitrogen and oxygen atoms in total. The summed E-state index contributed by atoms with van der Waals surface area (Å²) in [7, 11) is -0.184. The van der Waals surface area contributed by atoms with Crippen LogP contribution in [0.15, 0.2) is 34.9 Å². The van der Waals surface area contributed by atoms with Crippen LogP contribution in [0.2, 0.25) is 5.28 Å². The van der Waals surface area contributed by atoms with Gasteiger partial charge >= 0.3 is 0 Å². The predicted octanol–water partition coefficient (Wildman–Crippen LogP) is 4.00. The minimum absolute atomic E-state index is 0.184. The maximum atomic E-state index is 5.81. The molecule has 0 atom stereocenters. The third-order valence-corrected chi connectivity index (χ3v) is 4.47. The quantitative estimate of drug-likeness (QED) is 0.675. The van der Waals surface area contributed by atoms with Gasteiger partial charge in [-0.05, 0) is 52.2 Å². The van der Waals surface area contributed by atoms with Crippen molar-refractivity contribution in [3.63, 3.8) is 0 Å². The molecule has 0 fully saturated rings. The molecule has 0 saturated heterocycles. The largest absolute Gasteiger partial charge is 0.339 e. The first-order chi connectivity index (χ1) is 8.58. The van der Waals surface area contributed by atoms with Gasteiger partial charge in [-0.3, -0.25) is 0 Å². The predicted molar refractivity (Wildman–Crippen MR) is 82.9 cm³/mol. The number of hydrogen-bond acceptors (Lipinski definition) is 3. The van der Waals surface area contributed by atoms with Crippen LogP contribution in [0.3, 0.4) is 0 Å². The lowest BCUT2D eigenvalue weighted by Gasteiger charge is -2.14. The standard InChI is InChI=1S/C12H12BrClN3P/c1-18(2)10-6-4-3-5-9(10)16-11-8(13)7-15-12(14)17-11/h3-7H,1-2H3,(H,15,16,17). The van der Waals surface area contributed by atoms with Gasteiger partial charge in [0.15, 0.2) is 0 Å². The fourth-order valence-electron chi connectivity index (χ4n) is 1.53. The molecule has 0 amide bonds. The fraction of sp³-hybridized carbons (Fsp3) is 0.167. The van der Waals surface area contributed by atoms with Crippen LogP contribution in [0.4, 0.5) is 11.5 Å². The van der Waals surface area contributed by atoms with Gasteiger partial charge in [-0.25, -0.2) is 4.98 Å². The summed E-state index contributed by atoms with van der Waals surface area (Å²) in [4.78, 5) is 8.08. The third kappa shape index (κ3) is 3.19. The van der Waals surface area contributed by atoms with E-state index in [1.165, 1.54) is 5.30 Å². The lowest BCUT2D eigenvalue weighted by molar-refractivity contribution is 1.15. The highest BCUT2D eigenvalue weighted by Gasteiger charge is 2.09. The molecule has 1 aromatic heterocycles. The molecule has 94 valence electrons. The maximum absolute atomic E-state index is 5.81. The first kappa shape index (κ1) is 13.7. The molecule has 1 aromatic carbocycles. The highest BCUT2D eigenvalue weighted by Crippen LogP contribution is 2.30. The van der Waals surface area contributed by atoms with Crippen LogP contribution in [0.1, 0.15) is 0 Å². The van der Waals surface area contributed by atoms with Crippen LogP contribution in [-0.2, 0) is 0 Å². The summed E-state index contributed by atoms with van der Waals surface area (Å²) in [6.45, 7) is 4.44. The SMILES string of the molecule is CP(C)c1ccccc1Nc1nc(Cl)ncc1Br. The lowest BCUT2D eigenvalue weighted by atomic mass is 10.3. The van der Waals surface area contributed by atoms with Gasteiger partial charge in [0.1, 0.15) is 5.82 Å². The smallest absolute Gasteiger partial charge is 0.224 e. The highest BCUT2D eigenvalue weighted by atomic mass is 79.9. The van der Waals surface area contributed by atoms with Crippen molar-refractivity contribution in [2.75, 3.05) is 18.6 Å². The van der Waals surface area contributed by atoms with E-state index < -0.39 is 0 Å². The molecule has 0 saturated carbocycles. The first-order valence-corrected chi connectivity index (χ1v) is 8.70. The molecule has 6 heteroatoms. The van der Waals surface area contributed by atoms with Crippen LogP contribution >= 0.6 is 35.5 Å². The highest BCUT2D eigenvalue weighted by molar-refractivity contribution is 9.10. The summed E-state index contributed by atoms with van der Waals surface area (Å²) in [5.74, 6) is 0.680. The van der Waals surface area contributed by atoms with Crippen molar-refractivity contribution in [1.82, 2.24) is 9.97 Å². The fourth-order valence-corrected chi connectivity index (χ4v) is 2.95. The zero-order chi connectivity index (χ0) is 13.1. The molecule has 0 bridgehead atoms. The number of rotatable bonds is 3. The summed E-state index contributed by atoms with van der Waals surface area (Å²) in [5.41, 5.74) is 1.06. The van der Waals surface area contributed by atoms with Crippen LogP contribution in [0.25, 0.3) is 0 Å². The van der Waals surface area contributed by atoms with Gasteiger partial charge < -0.3 is 5.32 Å². The van der Waals surface area contributed by atoms with Crippen LogP contribution in [-0.4, -0.2) is 23.3 Å². The Balaban J connectivity index is 2.37. The lowest BCUT2D eigenvalue weighted by Crippen LogP contribution is -2.08. The Hall–Kier alpha value is -0.700. The number of aromatic nitrogens is 2. The summed E-state index contributed by atoms with van der Waals surface area (Å²) >= 11 is 9.22. The molecule has 0 aliphatic carbocycles. The number of benzene rings is 1. The molecule has 2 aromatic rings. The Morgan fingerprint density at radius 2 is 2.00 bits per heavy atom. The second-order valence-electron chi connectivity index (χ2n) is 3.87. The Morgan fingerprint density at radius 3 is 2.72 bits per heavy atom. The molecular formula is C12H12BrClN3P. The molecule has 0 radical (unpaired) electrons. The number of nitrogens with one attached hydrogen (secondary N) is 1. The van der Waals surface area contributed by atoms with Crippen LogP contribution in [0, 0.1) is 0 Å². The minimum atomic E-state index is -0.184. The van der Waals surface area contributed by atoms with E-state index >= 15 is 0 Å². The Morgan fingerprint density at radius 1 is 1.28 bits per heavy atom. The van der Waals surface area contributed by atoms with Crippen molar-refractivity contribution in [3.8, 4) is 0 Å². The zero-order valence-electron chi connectivity index (χ0n) is 9.98. The van der Waals surface area contributed by atoms with Gasteiger partial charge in [0.2, 0.25) is 5.28 Å². The molecule has 1 heterocycles. The van der Waals surface area contributed by atoms with Crippen LogP contribution < -0.4 is 10.6 Å². The molecule has 1 N–H and O–H groups in total. The van der Waals surface area contributed by atoms with E-state index in [0.717, 1.165) is 10.2 Å². The average molecular weight is 345 g/mol. The number of anilines is 2. The molecule has 2 rings (SSSR count). The molecule has 0 aliphatic heterocycles. The zero-order valence-corrected chi connectivity index (χ0v) is 13.2. The normalized spacial score (nSPS) is 10.7.